The molecule has 2 amide bonds. The van der Waals surface area contributed by atoms with Crippen LogP contribution in [-0.2, 0) is 27.3 Å². The van der Waals surface area contributed by atoms with E-state index in [1.54, 1.807) is 32.4 Å². The van der Waals surface area contributed by atoms with Crippen LogP contribution in [0.15, 0.2) is 36.4 Å². The lowest BCUT2D eigenvalue weighted by atomic mass is 9.85. The standard InChI is InChI=1S/C28H32N2O6/c1-6-25(31)30(21-8-10-23-20(15-21)17-27(2,3)36-23)28(11-13-35-14-12-28)26(32)29-18-19-7-9-22(33-4)16-24(19)34-5/h1,7-10,15-16H,11-14,17-18H2,2-5H3,(H,29,32). The topological polar surface area (TPSA) is 86.3 Å². The van der Waals surface area contributed by atoms with Gasteiger partial charge in [-0.15, -0.1) is 6.42 Å². The van der Waals surface area contributed by atoms with Crippen molar-refractivity contribution in [2.75, 3.05) is 32.3 Å². The lowest BCUT2D eigenvalue weighted by Gasteiger charge is -2.44. The van der Waals surface area contributed by atoms with Crippen LogP contribution in [0, 0.1) is 12.3 Å². The second-order valence-corrected chi connectivity index (χ2v) is 9.62. The minimum Gasteiger partial charge on any atom is -0.497 e. The fourth-order valence-electron chi connectivity index (χ4n) is 4.96. The third kappa shape index (κ3) is 4.84. The van der Waals surface area contributed by atoms with Crippen molar-refractivity contribution in [3.8, 4) is 29.6 Å². The Labute approximate surface area is 211 Å². The number of nitrogens with zero attached hydrogens (tertiary/aromatic N) is 1. The van der Waals surface area contributed by atoms with E-state index in [1.165, 1.54) is 4.90 Å². The summed E-state index contributed by atoms with van der Waals surface area (Å²) in [5.41, 5.74) is 0.771. The monoisotopic (exact) mass is 492 g/mol. The zero-order valence-electron chi connectivity index (χ0n) is 21.2. The fraction of sp³-hybridized carbons (Fsp3) is 0.429. The average Bonchev–Trinajstić information content (AvgIpc) is 3.20. The average molecular weight is 493 g/mol. The van der Waals surface area contributed by atoms with E-state index in [4.69, 9.17) is 25.4 Å². The highest BCUT2D eigenvalue weighted by Gasteiger charge is 2.48. The van der Waals surface area contributed by atoms with Gasteiger partial charge in [0.1, 0.15) is 28.4 Å². The number of terminal acetylenes is 1. The number of hydrogen-bond donors (Lipinski definition) is 1. The Bertz CT molecular complexity index is 1190. The van der Waals surface area contributed by atoms with Crippen LogP contribution >= 0.6 is 0 Å². The van der Waals surface area contributed by atoms with Gasteiger partial charge in [-0.1, -0.05) is 0 Å². The number of anilines is 1. The number of nitrogens with one attached hydrogen (secondary N) is 1. The predicted octanol–water partition coefficient (Wildman–Crippen LogP) is 3.25. The summed E-state index contributed by atoms with van der Waals surface area (Å²) < 4.78 is 22.3. The van der Waals surface area contributed by atoms with Crippen LogP contribution < -0.4 is 24.4 Å². The van der Waals surface area contributed by atoms with Gasteiger partial charge in [0.15, 0.2) is 0 Å². The number of rotatable bonds is 7. The number of benzene rings is 2. The van der Waals surface area contributed by atoms with Crippen molar-refractivity contribution in [1.82, 2.24) is 5.32 Å². The second-order valence-electron chi connectivity index (χ2n) is 9.62. The van der Waals surface area contributed by atoms with Crippen LogP contribution in [0.4, 0.5) is 5.69 Å². The second kappa shape index (κ2) is 10.1. The van der Waals surface area contributed by atoms with Gasteiger partial charge in [0.25, 0.3) is 0 Å². The van der Waals surface area contributed by atoms with Crippen LogP contribution in [0.1, 0.15) is 37.8 Å². The van der Waals surface area contributed by atoms with Gasteiger partial charge in [-0.25, -0.2) is 0 Å². The van der Waals surface area contributed by atoms with E-state index in [-0.39, 0.29) is 18.1 Å². The molecule has 1 N–H and O–H groups in total. The minimum absolute atomic E-state index is 0.207. The molecule has 0 bridgehead atoms. The van der Waals surface area contributed by atoms with Crippen LogP contribution in [-0.4, -0.2) is 50.4 Å². The number of ether oxygens (including phenoxy) is 4. The van der Waals surface area contributed by atoms with E-state index in [0.717, 1.165) is 16.9 Å². The Balaban J connectivity index is 1.67. The molecule has 4 rings (SSSR count). The molecule has 0 atom stereocenters. The first-order chi connectivity index (χ1) is 17.2. The normalized spacial score (nSPS) is 17.2. The molecule has 0 radical (unpaired) electrons. The fourth-order valence-corrected chi connectivity index (χ4v) is 4.96. The molecule has 8 nitrogen and oxygen atoms in total. The molecule has 2 aromatic rings. The maximum atomic E-state index is 13.9. The third-order valence-electron chi connectivity index (χ3n) is 6.74. The molecule has 2 aliphatic heterocycles. The van der Waals surface area contributed by atoms with E-state index in [9.17, 15) is 9.59 Å². The quantitative estimate of drug-likeness (QED) is 0.598. The summed E-state index contributed by atoms with van der Waals surface area (Å²) in [6.07, 6.45) is 6.91. The number of carbonyl (C=O) groups excluding carboxylic acids is 2. The summed E-state index contributed by atoms with van der Waals surface area (Å²) in [4.78, 5) is 28.5. The Morgan fingerprint density at radius 1 is 1.11 bits per heavy atom. The Hall–Kier alpha value is -3.70. The molecule has 1 saturated heterocycles. The van der Waals surface area contributed by atoms with Crippen LogP contribution in [0.25, 0.3) is 0 Å². The molecule has 36 heavy (non-hydrogen) atoms. The number of methoxy groups -OCH3 is 2. The third-order valence-corrected chi connectivity index (χ3v) is 6.74. The molecular weight excluding hydrogens is 460 g/mol. The molecule has 0 unspecified atom stereocenters. The number of amides is 2. The zero-order chi connectivity index (χ0) is 25.9. The predicted molar refractivity (Wildman–Crippen MR) is 135 cm³/mol. The van der Waals surface area contributed by atoms with Gasteiger partial charge in [0.05, 0.1) is 14.2 Å². The molecule has 2 aliphatic rings. The largest absolute Gasteiger partial charge is 0.497 e. The van der Waals surface area contributed by atoms with Crippen LogP contribution in [0.2, 0.25) is 0 Å². The molecule has 190 valence electrons. The maximum absolute atomic E-state index is 13.9. The number of hydrogen-bond acceptors (Lipinski definition) is 6. The Kier molecular flexibility index (Phi) is 7.14. The molecule has 2 aromatic carbocycles. The molecule has 0 aromatic heterocycles. The highest BCUT2D eigenvalue weighted by molar-refractivity contribution is 6.11. The molecule has 8 heteroatoms. The summed E-state index contributed by atoms with van der Waals surface area (Å²) in [6.45, 7) is 4.89. The Morgan fingerprint density at radius 3 is 2.53 bits per heavy atom. The molecule has 2 heterocycles. The molecular formula is C28H32N2O6. The zero-order valence-corrected chi connectivity index (χ0v) is 21.2. The summed E-state index contributed by atoms with van der Waals surface area (Å²) in [7, 11) is 3.14. The lowest BCUT2D eigenvalue weighted by Crippen LogP contribution is -2.63. The lowest BCUT2D eigenvalue weighted by molar-refractivity contribution is -0.133. The van der Waals surface area contributed by atoms with E-state index in [1.807, 2.05) is 32.0 Å². The van der Waals surface area contributed by atoms with Gasteiger partial charge >= 0.3 is 5.91 Å². The van der Waals surface area contributed by atoms with E-state index >= 15 is 0 Å². The molecule has 0 spiro atoms. The summed E-state index contributed by atoms with van der Waals surface area (Å²) in [6, 6.07) is 10.9. The first-order valence-corrected chi connectivity index (χ1v) is 11.9. The smallest absolute Gasteiger partial charge is 0.303 e. The highest BCUT2D eigenvalue weighted by Crippen LogP contribution is 2.40. The van der Waals surface area contributed by atoms with Crippen molar-refractivity contribution in [2.45, 2.75) is 50.8 Å². The summed E-state index contributed by atoms with van der Waals surface area (Å²) in [5.74, 6) is 3.37. The Morgan fingerprint density at radius 2 is 1.86 bits per heavy atom. The van der Waals surface area contributed by atoms with E-state index in [0.29, 0.717) is 49.7 Å². The van der Waals surface area contributed by atoms with Crippen molar-refractivity contribution in [2.24, 2.45) is 0 Å². The van der Waals surface area contributed by atoms with Gasteiger partial charge < -0.3 is 24.3 Å². The van der Waals surface area contributed by atoms with Crippen molar-refractivity contribution in [3.63, 3.8) is 0 Å². The summed E-state index contributed by atoms with van der Waals surface area (Å²) in [5, 5.41) is 3.01. The van der Waals surface area contributed by atoms with Crippen LogP contribution in [0.3, 0.4) is 0 Å². The number of fused-ring (bicyclic) bond motifs is 1. The van der Waals surface area contributed by atoms with Crippen molar-refractivity contribution in [1.29, 1.82) is 0 Å². The van der Waals surface area contributed by atoms with Crippen molar-refractivity contribution in [3.05, 3.63) is 47.5 Å². The van der Waals surface area contributed by atoms with Gasteiger partial charge in [0.2, 0.25) is 5.91 Å². The highest BCUT2D eigenvalue weighted by atomic mass is 16.5. The number of carbonyl (C=O) groups is 2. The van der Waals surface area contributed by atoms with Gasteiger partial charge in [0, 0.05) is 61.9 Å². The SMILES string of the molecule is C#CC(=O)N(c1ccc2c(c1)CC(C)(C)O2)C1(C(=O)NCc2ccc(OC)cc2OC)CCOCC1. The first-order valence-electron chi connectivity index (χ1n) is 11.9. The minimum atomic E-state index is -1.20. The van der Waals surface area contributed by atoms with Gasteiger partial charge in [-0.2, -0.15) is 0 Å². The van der Waals surface area contributed by atoms with Crippen molar-refractivity contribution >= 4 is 17.5 Å². The van der Waals surface area contributed by atoms with Gasteiger partial charge in [-0.05, 0) is 50.1 Å². The molecule has 1 fully saturated rings. The molecule has 0 saturated carbocycles. The maximum Gasteiger partial charge on any atom is 0.303 e. The molecule has 0 aliphatic carbocycles. The van der Waals surface area contributed by atoms with E-state index < -0.39 is 11.4 Å². The van der Waals surface area contributed by atoms with E-state index in [2.05, 4.69) is 11.2 Å². The van der Waals surface area contributed by atoms with Crippen molar-refractivity contribution < 1.29 is 28.5 Å². The summed E-state index contributed by atoms with van der Waals surface area (Å²) >= 11 is 0. The van der Waals surface area contributed by atoms with Gasteiger partial charge in [-0.3, -0.25) is 14.5 Å². The van der Waals surface area contributed by atoms with Crippen LogP contribution in [0.5, 0.6) is 17.2 Å². The first kappa shape index (κ1) is 25.4.